The molecule has 0 saturated carbocycles. The maximum Gasteiger partial charge on any atom is 0.129 e. The monoisotopic (exact) mass is 522 g/mol. The normalized spacial score (nSPS) is 21.2. The SMILES string of the molecule is C=CCN=C(N[C@H](C)c1cccc(C#N)c1C)C1=CC(C(=C)C(C)CC[C@@H]2CCCN2)C(=C)CC=C1C(=C)C. The van der Waals surface area contributed by atoms with Crippen molar-refractivity contribution < 1.29 is 0 Å². The number of rotatable bonds is 11. The topological polar surface area (TPSA) is 60.2 Å². The third-order valence-electron chi connectivity index (χ3n) is 8.18. The fraction of sp³-hybridized carbons (Fsp3) is 0.429. The van der Waals surface area contributed by atoms with Crippen molar-refractivity contribution in [3.05, 3.63) is 107 Å². The molecule has 0 bridgehead atoms. The molecule has 3 rings (SSSR count). The Balaban J connectivity index is 1.97. The van der Waals surface area contributed by atoms with Crippen LogP contribution < -0.4 is 10.6 Å². The van der Waals surface area contributed by atoms with Crippen molar-refractivity contribution in [1.29, 1.82) is 5.26 Å². The molecule has 0 amide bonds. The number of nitrogens with zero attached hydrogens (tertiary/aromatic N) is 2. The summed E-state index contributed by atoms with van der Waals surface area (Å²) in [5, 5.41) is 16.9. The van der Waals surface area contributed by atoms with Gasteiger partial charge < -0.3 is 10.6 Å². The number of amidine groups is 1. The Morgan fingerprint density at radius 1 is 1.28 bits per heavy atom. The molecular weight excluding hydrogens is 476 g/mol. The van der Waals surface area contributed by atoms with Crippen molar-refractivity contribution >= 4 is 5.84 Å². The van der Waals surface area contributed by atoms with Crippen molar-refractivity contribution in [1.82, 2.24) is 10.6 Å². The van der Waals surface area contributed by atoms with Crippen molar-refractivity contribution in [2.24, 2.45) is 16.8 Å². The molecule has 39 heavy (non-hydrogen) atoms. The highest BCUT2D eigenvalue weighted by atomic mass is 15.0. The third kappa shape index (κ3) is 7.58. The van der Waals surface area contributed by atoms with E-state index in [1.54, 1.807) is 0 Å². The first-order valence-corrected chi connectivity index (χ1v) is 14.3. The van der Waals surface area contributed by atoms with Gasteiger partial charge in [-0.05, 0) is 88.1 Å². The Morgan fingerprint density at radius 3 is 2.69 bits per heavy atom. The quantitative estimate of drug-likeness (QED) is 0.177. The summed E-state index contributed by atoms with van der Waals surface area (Å²) in [4.78, 5) is 4.93. The lowest BCUT2D eigenvalue weighted by Crippen LogP contribution is -2.30. The van der Waals surface area contributed by atoms with Gasteiger partial charge in [0.1, 0.15) is 5.84 Å². The number of nitrogens with one attached hydrogen (secondary N) is 2. The van der Waals surface area contributed by atoms with E-state index in [9.17, 15) is 5.26 Å². The van der Waals surface area contributed by atoms with E-state index in [4.69, 9.17) is 4.99 Å². The molecule has 2 N–H and O–H groups in total. The first kappa shape index (κ1) is 30.1. The van der Waals surface area contributed by atoms with Crippen LogP contribution in [0.15, 0.2) is 95.6 Å². The molecule has 0 aromatic heterocycles. The van der Waals surface area contributed by atoms with Crippen molar-refractivity contribution in [3.63, 3.8) is 0 Å². The van der Waals surface area contributed by atoms with E-state index in [2.05, 4.69) is 75.1 Å². The van der Waals surface area contributed by atoms with Crippen LogP contribution >= 0.6 is 0 Å². The second-order valence-corrected chi connectivity index (χ2v) is 11.1. The van der Waals surface area contributed by atoms with Crippen LogP contribution in [-0.4, -0.2) is 25.0 Å². The van der Waals surface area contributed by atoms with Crippen molar-refractivity contribution in [2.45, 2.75) is 71.9 Å². The highest BCUT2D eigenvalue weighted by Gasteiger charge is 2.26. The van der Waals surface area contributed by atoms with E-state index >= 15 is 0 Å². The number of hydrogen-bond donors (Lipinski definition) is 2. The van der Waals surface area contributed by atoms with Gasteiger partial charge in [0.25, 0.3) is 0 Å². The Kier molecular flexibility index (Phi) is 10.9. The van der Waals surface area contributed by atoms with Gasteiger partial charge >= 0.3 is 0 Å². The minimum atomic E-state index is -0.0555. The number of hydrogen-bond acceptors (Lipinski definition) is 3. The summed E-state index contributed by atoms with van der Waals surface area (Å²) in [6.45, 7) is 27.4. The van der Waals surface area contributed by atoms with Gasteiger partial charge in [-0.2, -0.15) is 5.26 Å². The predicted octanol–water partition coefficient (Wildman–Crippen LogP) is 7.83. The Labute approximate surface area is 236 Å². The molecule has 1 fully saturated rings. The zero-order chi connectivity index (χ0) is 28.5. The molecule has 1 aliphatic heterocycles. The Morgan fingerprint density at radius 2 is 2.05 bits per heavy atom. The molecule has 1 heterocycles. The number of nitriles is 1. The largest absolute Gasteiger partial charge is 0.363 e. The lowest BCUT2D eigenvalue weighted by molar-refractivity contribution is 0.471. The molecule has 1 saturated heterocycles. The molecular formula is C35H46N4. The van der Waals surface area contributed by atoms with Crippen LogP contribution in [0.25, 0.3) is 0 Å². The number of benzene rings is 1. The lowest BCUT2D eigenvalue weighted by atomic mass is 9.81. The Bertz CT molecular complexity index is 1230. The molecule has 0 spiro atoms. The van der Waals surface area contributed by atoms with Crippen molar-refractivity contribution in [3.8, 4) is 6.07 Å². The number of allylic oxidation sites excluding steroid dienone is 5. The smallest absolute Gasteiger partial charge is 0.129 e. The van der Waals surface area contributed by atoms with Crippen LogP contribution in [0.1, 0.15) is 75.6 Å². The summed E-state index contributed by atoms with van der Waals surface area (Å²) in [7, 11) is 0. The van der Waals surface area contributed by atoms with Gasteiger partial charge in [-0.25, -0.2) is 0 Å². The molecule has 206 valence electrons. The standard InChI is InChI=1S/C35H46N4/c1-9-19-38-35(39-28(8)32-14-10-12-29(22-36)27(32)7)34-21-33(25(5)16-18-31(34)23(2)3)26(6)24(4)15-17-30-13-11-20-37-30/h9-10,12,14,18,21,24,28,30,33,37H,1-2,5-6,11,13,15-17,19-20H2,3-4,7-8H3,(H,38,39)/t24?,28-,30+,33?/m1/s1. The maximum absolute atomic E-state index is 9.55. The second-order valence-electron chi connectivity index (χ2n) is 11.1. The first-order valence-electron chi connectivity index (χ1n) is 14.3. The third-order valence-corrected chi connectivity index (χ3v) is 8.18. The van der Waals surface area contributed by atoms with Gasteiger partial charge in [0.15, 0.2) is 0 Å². The molecule has 4 heteroatoms. The zero-order valence-electron chi connectivity index (χ0n) is 24.4. The van der Waals surface area contributed by atoms with Crippen molar-refractivity contribution in [2.75, 3.05) is 13.1 Å². The summed E-state index contributed by atoms with van der Waals surface area (Å²) in [5.74, 6) is 1.23. The van der Waals surface area contributed by atoms with Crippen LogP contribution in [0.3, 0.4) is 0 Å². The second kappa shape index (κ2) is 14.1. The van der Waals surface area contributed by atoms with E-state index in [-0.39, 0.29) is 12.0 Å². The minimum absolute atomic E-state index is 0.0503. The van der Waals surface area contributed by atoms with Gasteiger partial charge in [0, 0.05) is 17.5 Å². The lowest BCUT2D eigenvalue weighted by Gasteiger charge is -2.26. The van der Waals surface area contributed by atoms with Gasteiger partial charge in [-0.1, -0.05) is 73.7 Å². The fourth-order valence-corrected chi connectivity index (χ4v) is 5.66. The van der Waals surface area contributed by atoms with Crippen LogP contribution in [0.4, 0.5) is 0 Å². The van der Waals surface area contributed by atoms with Gasteiger partial charge in [0.2, 0.25) is 0 Å². The first-order chi connectivity index (χ1) is 18.7. The molecule has 1 aromatic carbocycles. The summed E-state index contributed by atoms with van der Waals surface area (Å²) in [6, 6.07) is 8.76. The van der Waals surface area contributed by atoms with E-state index in [1.807, 2.05) is 32.1 Å². The van der Waals surface area contributed by atoms with Crippen LogP contribution in [-0.2, 0) is 0 Å². The fourth-order valence-electron chi connectivity index (χ4n) is 5.66. The van der Waals surface area contributed by atoms with Crippen LogP contribution in [0.5, 0.6) is 0 Å². The molecule has 2 unspecified atom stereocenters. The molecule has 2 aliphatic rings. The van der Waals surface area contributed by atoms with Crippen LogP contribution in [0.2, 0.25) is 0 Å². The van der Waals surface area contributed by atoms with E-state index in [0.29, 0.717) is 24.1 Å². The highest BCUT2D eigenvalue weighted by molar-refractivity contribution is 6.04. The summed E-state index contributed by atoms with van der Waals surface area (Å²) in [6.07, 6.45) is 12.0. The van der Waals surface area contributed by atoms with Gasteiger partial charge in [-0.15, -0.1) is 6.58 Å². The van der Waals surface area contributed by atoms with E-state index < -0.39 is 0 Å². The van der Waals surface area contributed by atoms with E-state index in [0.717, 1.165) is 58.6 Å². The van der Waals surface area contributed by atoms with Gasteiger partial charge in [-0.3, -0.25) is 4.99 Å². The maximum atomic E-state index is 9.55. The highest BCUT2D eigenvalue weighted by Crippen LogP contribution is 2.37. The van der Waals surface area contributed by atoms with E-state index in [1.165, 1.54) is 24.8 Å². The average molecular weight is 523 g/mol. The minimum Gasteiger partial charge on any atom is -0.363 e. The molecule has 1 aliphatic carbocycles. The summed E-state index contributed by atoms with van der Waals surface area (Å²) >= 11 is 0. The van der Waals surface area contributed by atoms with Gasteiger partial charge in [0.05, 0.1) is 24.2 Å². The Hall–Kier alpha value is -3.42. The summed E-state index contributed by atoms with van der Waals surface area (Å²) in [5.41, 5.74) is 8.21. The predicted molar refractivity (Wildman–Crippen MR) is 167 cm³/mol. The summed E-state index contributed by atoms with van der Waals surface area (Å²) < 4.78 is 0. The molecule has 1 aromatic rings. The zero-order valence-corrected chi connectivity index (χ0v) is 24.4. The average Bonchev–Trinajstić information content (AvgIpc) is 3.38. The van der Waals surface area contributed by atoms with Crippen LogP contribution in [0, 0.1) is 30.1 Å². The molecule has 0 radical (unpaired) electrons. The molecule has 4 atom stereocenters. The molecule has 4 nitrogen and oxygen atoms in total. The number of aliphatic imine (C=N–C) groups is 1.